The average molecular weight is 411 g/mol. The van der Waals surface area contributed by atoms with Crippen LogP contribution in [0.4, 0.5) is 5.69 Å². The lowest BCUT2D eigenvalue weighted by Gasteiger charge is -2.16. The van der Waals surface area contributed by atoms with E-state index in [1.54, 1.807) is 48.5 Å². The van der Waals surface area contributed by atoms with Crippen molar-refractivity contribution in [3.8, 4) is 11.8 Å². The Labute approximate surface area is 173 Å². The van der Waals surface area contributed by atoms with Gasteiger partial charge in [0.1, 0.15) is 5.75 Å². The average Bonchev–Trinajstić information content (AvgIpc) is 2.67. The van der Waals surface area contributed by atoms with E-state index in [2.05, 4.69) is 11.4 Å². The van der Waals surface area contributed by atoms with Gasteiger partial charge in [-0.2, -0.15) is 5.26 Å². The molecule has 0 aromatic heterocycles. The molecule has 0 radical (unpaired) electrons. The summed E-state index contributed by atoms with van der Waals surface area (Å²) in [6, 6.07) is 19.0. The molecule has 3 aromatic carbocycles. The van der Waals surface area contributed by atoms with E-state index < -0.39 is 11.8 Å². The number of amides is 1. The van der Waals surface area contributed by atoms with Gasteiger partial charge in [-0.25, -0.2) is 0 Å². The highest BCUT2D eigenvalue weighted by Crippen LogP contribution is 2.34. The van der Waals surface area contributed by atoms with E-state index in [0.29, 0.717) is 21.3 Å². The second kappa shape index (κ2) is 8.35. The van der Waals surface area contributed by atoms with E-state index >= 15 is 0 Å². The van der Waals surface area contributed by atoms with Crippen LogP contribution in [0.15, 0.2) is 60.7 Å². The largest absolute Gasteiger partial charge is 0.507 e. The third-order valence-corrected chi connectivity index (χ3v) is 4.96. The van der Waals surface area contributed by atoms with Crippen molar-refractivity contribution >= 4 is 34.8 Å². The Kier molecular flexibility index (Phi) is 5.89. The minimum atomic E-state index is -0.564. The van der Waals surface area contributed by atoms with Gasteiger partial charge in [0, 0.05) is 15.7 Å². The molecular weight excluding hydrogens is 395 g/mol. The summed E-state index contributed by atoms with van der Waals surface area (Å²) in [5, 5.41) is 23.2. The van der Waals surface area contributed by atoms with Gasteiger partial charge in [0.25, 0.3) is 5.91 Å². The fourth-order valence-electron chi connectivity index (χ4n) is 2.89. The monoisotopic (exact) mass is 410 g/mol. The maximum Gasteiger partial charge on any atom is 0.259 e. The number of nitriles is 1. The van der Waals surface area contributed by atoms with Gasteiger partial charge in [0.05, 0.1) is 17.6 Å². The lowest BCUT2D eigenvalue weighted by atomic mass is 9.91. The maximum atomic E-state index is 12.4. The first-order valence-corrected chi connectivity index (χ1v) is 9.20. The molecule has 140 valence electrons. The highest BCUT2D eigenvalue weighted by Gasteiger charge is 2.19. The number of aryl methyl sites for hydroxylation is 1. The van der Waals surface area contributed by atoms with Gasteiger partial charge in [-0.05, 0) is 53.9 Å². The number of carbonyl (C=O) groups is 1. The van der Waals surface area contributed by atoms with Crippen LogP contribution in [0, 0.1) is 18.3 Å². The number of anilines is 1. The fraction of sp³-hybridized carbons (Fsp3) is 0.0909. The Hall–Kier alpha value is -3.00. The van der Waals surface area contributed by atoms with E-state index in [0.717, 1.165) is 11.1 Å². The number of nitrogens with zero attached hydrogens (tertiary/aromatic N) is 1. The predicted molar refractivity (Wildman–Crippen MR) is 111 cm³/mol. The Morgan fingerprint density at radius 1 is 1.11 bits per heavy atom. The van der Waals surface area contributed by atoms with Gasteiger partial charge in [0.2, 0.25) is 0 Å². The summed E-state index contributed by atoms with van der Waals surface area (Å²) < 4.78 is 0. The minimum absolute atomic E-state index is 0.104. The van der Waals surface area contributed by atoms with Crippen molar-refractivity contribution in [3.63, 3.8) is 0 Å². The molecule has 1 atom stereocenters. The zero-order valence-electron chi connectivity index (χ0n) is 14.9. The molecule has 1 amide bonds. The van der Waals surface area contributed by atoms with Crippen LogP contribution in [0.1, 0.15) is 33.0 Å². The summed E-state index contributed by atoms with van der Waals surface area (Å²) in [7, 11) is 0. The van der Waals surface area contributed by atoms with Crippen molar-refractivity contribution in [2.75, 3.05) is 5.32 Å². The summed E-state index contributed by atoms with van der Waals surface area (Å²) >= 11 is 12.4. The molecule has 0 aliphatic heterocycles. The second-order valence-corrected chi connectivity index (χ2v) is 7.12. The van der Waals surface area contributed by atoms with Crippen molar-refractivity contribution in [1.29, 1.82) is 5.26 Å². The second-order valence-electron chi connectivity index (χ2n) is 6.27. The quantitative estimate of drug-likeness (QED) is 0.560. The first-order valence-electron chi connectivity index (χ1n) is 8.45. The van der Waals surface area contributed by atoms with Crippen molar-refractivity contribution in [1.82, 2.24) is 0 Å². The van der Waals surface area contributed by atoms with E-state index in [1.165, 1.54) is 12.1 Å². The van der Waals surface area contributed by atoms with Crippen LogP contribution in [-0.2, 0) is 0 Å². The smallest absolute Gasteiger partial charge is 0.259 e. The molecule has 0 spiro atoms. The zero-order valence-corrected chi connectivity index (χ0v) is 16.4. The molecule has 6 heteroatoms. The van der Waals surface area contributed by atoms with Crippen LogP contribution in [-0.4, -0.2) is 11.0 Å². The predicted octanol–water partition coefficient (Wildman–Crippen LogP) is 5.92. The van der Waals surface area contributed by atoms with Gasteiger partial charge < -0.3 is 10.4 Å². The number of nitrogens with one attached hydrogen (secondary N) is 1. The Morgan fingerprint density at radius 2 is 1.79 bits per heavy atom. The molecule has 0 aliphatic carbocycles. The molecule has 0 bridgehead atoms. The van der Waals surface area contributed by atoms with Gasteiger partial charge in [0.15, 0.2) is 0 Å². The molecule has 0 aliphatic rings. The summed E-state index contributed by atoms with van der Waals surface area (Å²) in [5.41, 5.74) is 2.84. The molecular formula is C22H16Cl2N2O2. The maximum absolute atomic E-state index is 12.4. The standard InChI is InChI=1S/C22H16Cl2N2O2/c1-13-10-17(18(12-25)14-6-8-15(23)9-7-14)19(24)11-20(13)26-22(28)16-4-2-3-5-21(16)27/h2-11,18,27H,1H3,(H,26,28)/t18-/m0/s1. The molecule has 0 heterocycles. The molecule has 0 unspecified atom stereocenters. The zero-order chi connectivity index (χ0) is 20.3. The number of benzene rings is 3. The Balaban J connectivity index is 1.92. The van der Waals surface area contributed by atoms with Gasteiger partial charge in [-0.1, -0.05) is 53.5 Å². The van der Waals surface area contributed by atoms with Crippen LogP contribution >= 0.6 is 23.2 Å². The first-order chi connectivity index (χ1) is 13.4. The third kappa shape index (κ3) is 4.12. The van der Waals surface area contributed by atoms with Crippen molar-refractivity contribution in [2.45, 2.75) is 12.8 Å². The highest BCUT2D eigenvalue weighted by molar-refractivity contribution is 6.32. The number of phenolic OH excluding ortho intramolecular Hbond substituents is 1. The lowest BCUT2D eigenvalue weighted by Crippen LogP contribution is -2.13. The van der Waals surface area contributed by atoms with Crippen molar-refractivity contribution in [2.24, 2.45) is 0 Å². The molecule has 0 saturated heterocycles. The van der Waals surface area contributed by atoms with Crippen molar-refractivity contribution in [3.05, 3.63) is 93.0 Å². The fourth-order valence-corrected chi connectivity index (χ4v) is 3.29. The SMILES string of the molecule is Cc1cc([C@@H](C#N)c2ccc(Cl)cc2)c(Cl)cc1NC(=O)c1ccccc1O. The summed E-state index contributed by atoms with van der Waals surface area (Å²) in [4.78, 5) is 12.4. The van der Waals surface area contributed by atoms with Crippen LogP contribution in [0.25, 0.3) is 0 Å². The number of carbonyl (C=O) groups excluding carboxylic acids is 1. The van der Waals surface area contributed by atoms with Crippen LogP contribution in [0.5, 0.6) is 5.75 Å². The van der Waals surface area contributed by atoms with Crippen LogP contribution in [0.3, 0.4) is 0 Å². The number of phenols is 1. The highest BCUT2D eigenvalue weighted by atomic mass is 35.5. The van der Waals surface area contributed by atoms with E-state index in [9.17, 15) is 15.2 Å². The molecule has 2 N–H and O–H groups in total. The van der Waals surface area contributed by atoms with Gasteiger partial charge in [-0.15, -0.1) is 0 Å². The van der Waals surface area contributed by atoms with E-state index in [1.807, 2.05) is 6.92 Å². The Morgan fingerprint density at radius 3 is 2.43 bits per heavy atom. The minimum Gasteiger partial charge on any atom is -0.507 e. The van der Waals surface area contributed by atoms with Crippen molar-refractivity contribution < 1.29 is 9.90 Å². The topological polar surface area (TPSA) is 73.1 Å². The lowest BCUT2D eigenvalue weighted by molar-refractivity contribution is 0.102. The molecule has 28 heavy (non-hydrogen) atoms. The number of rotatable bonds is 4. The molecule has 0 saturated carbocycles. The summed E-state index contributed by atoms with van der Waals surface area (Å²) in [6.07, 6.45) is 0. The third-order valence-electron chi connectivity index (χ3n) is 4.38. The summed E-state index contributed by atoms with van der Waals surface area (Å²) in [6.45, 7) is 1.82. The molecule has 3 aromatic rings. The van der Waals surface area contributed by atoms with Crippen LogP contribution < -0.4 is 5.32 Å². The van der Waals surface area contributed by atoms with Gasteiger partial charge >= 0.3 is 0 Å². The molecule has 3 rings (SSSR count). The number of halogens is 2. The molecule has 0 fully saturated rings. The van der Waals surface area contributed by atoms with Crippen LogP contribution in [0.2, 0.25) is 10.0 Å². The Bertz CT molecular complexity index is 1070. The molecule has 4 nitrogen and oxygen atoms in total. The first kappa shape index (κ1) is 19.8. The van der Waals surface area contributed by atoms with E-state index in [4.69, 9.17) is 23.2 Å². The number of para-hydroxylation sites is 1. The number of aromatic hydroxyl groups is 1. The normalized spacial score (nSPS) is 11.5. The summed E-state index contributed by atoms with van der Waals surface area (Å²) in [5.74, 6) is -1.11. The number of hydrogen-bond acceptors (Lipinski definition) is 3. The van der Waals surface area contributed by atoms with E-state index in [-0.39, 0.29) is 11.3 Å². The van der Waals surface area contributed by atoms with Gasteiger partial charge in [-0.3, -0.25) is 4.79 Å². The number of hydrogen-bond donors (Lipinski definition) is 2.